The Kier molecular flexibility index (Phi) is 5.48. The number of rotatable bonds is 3. The monoisotopic (exact) mass is 217 g/mol. The van der Waals surface area contributed by atoms with Crippen LogP contribution in [0.2, 0.25) is 0 Å². The zero-order chi connectivity index (χ0) is 9.68. The molecule has 0 unspecified atom stereocenters. The summed E-state index contributed by atoms with van der Waals surface area (Å²) in [5.41, 5.74) is 0.686. The van der Waals surface area contributed by atoms with Crippen molar-refractivity contribution in [1.82, 2.24) is 0 Å². The maximum Gasteiger partial charge on any atom is 0.325 e. The fourth-order valence-corrected chi connectivity index (χ4v) is 0.862. The highest BCUT2D eigenvalue weighted by Gasteiger charge is 1.99. The van der Waals surface area contributed by atoms with E-state index in [2.05, 4.69) is 10.1 Å². The van der Waals surface area contributed by atoms with Crippen molar-refractivity contribution in [3.05, 3.63) is 24.3 Å². The molecule has 0 saturated carbocycles. The SMILES string of the molecule is COC(=O)CNc1cccc(O)c1.Cl. The van der Waals surface area contributed by atoms with E-state index < -0.39 is 0 Å². The number of carbonyl (C=O) groups is 1. The van der Waals surface area contributed by atoms with Crippen molar-refractivity contribution in [2.45, 2.75) is 0 Å². The molecule has 2 N–H and O–H groups in total. The lowest BCUT2D eigenvalue weighted by Gasteiger charge is -2.04. The van der Waals surface area contributed by atoms with E-state index in [4.69, 9.17) is 5.11 Å². The zero-order valence-corrected chi connectivity index (χ0v) is 8.50. The van der Waals surface area contributed by atoms with E-state index >= 15 is 0 Å². The van der Waals surface area contributed by atoms with E-state index in [-0.39, 0.29) is 30.7 Å². The zero-order valence-electron chi connectivity index (χ0n) is 7.69. The second-order valence-electron chi connectivity index (χ2n) is 2.48. The van der Waals surface area contributed by atoms with Gasteiger partial charge < -0.3 is 15.2 Å². The van der Waals surface area contributed by atoms with Crippen LogP contribution >= 0.6 is 12.4 Å². The van der Waals surface area contributed by atoms with Crippen LogP contribution in [0.1, 0.15) is 0 Å². The van der Waals surface area contributed by atoms with Crippen LogP contribution in [0.4, 0.5) is 5.69 Å². The summed E-state index contributed by atoms with van der Waals surface area (Å²) in [4.78, 5) is 10.7. The maximum absolute atomic E-state index is 10.7. The molecule has 78 valence electrons. The molecule has 0 fully saturated rings. The van der Waals surface area contributed by atoms with Crippen molar-refractivity contribution in [2.24, 2.45) is 0 Å². The van der Waals surface area contributed by atoms with Crippen LogP contribution in [0.3, 0.4) is 0 Å². The molecule has 0 aliphatic carbocycles. The molecule has 1 aromatic carbocycles. The van der Waals surface area contributed by atoms with Crippen molar-refractivity contribution >= 4 is 24.1 Å². The number of hydrogen-bond acceptors (Lipinski definition) is 4. The first-order valence-electron chi connectivity index (χ1n) is 3.82. The fourth-order valence-electron chi connectivity index (χ4n) is 0.862. The minimum Gasteiger partial charge on any atom is -0.508 e. The van der Waals surface area contributed by atoms with Crippen LogP contribution in [-0.4, -0.2) is 24.7 Å². The Morgan fingerprint density at radius 2 is 2.29 bits per heavy atom. The number of benzene rings is 1. The lowest BCUT2D eigenvalue weighted by atomic mass is 10.3. The molecule has 1 rings (SSSR count). The van der Waals surface area contributed by atoms with E-state index in [9.17, 15) is 4.79 Å². The molecular formula is C9H12ClNO3. The first kappa shape index (κ1) is 12.6. The lowest BCUT2D eigenvalue weighted by Crippen LogP contribution is -2.14. The highest BCUT2D eigenvalue weighted by molar-refractivity contribution is 5.85. The third-order valence-corrected chi connectivity index (χ3v) is 1.51. The number of ether oxygens (including phenoxy) is 1. The van der Waals surface area contributed by atoms with Gasteiger partial charge in [-0.05, 0) is 12.1 Å². The third kappa shape index (κ3) is 4.00. The lowest BCUT2D eigenvalue weighted by molar-refractivity contribution is -0.138. The van der Waals surface area contributed by atoms with E-state index in [1.54, 1.807) is 18.2 Å². The highest BCUT2D eigenvalue weighted by Crippen LogP contribution is 2.14. The van der Waals surface area contributed by atoms with Gasteiger partial charge in [-0.1, -0.05) is 6.07 Å². The molecular weight excluding hydrogens is 206 g/mol. The number of hydrogen-bond donors (Lipinski definition) is 2. The molecule has 0 heterocycles. The second kappa shape index (κ2) is 6.10. The molecule has 1 aromatic rings. The van der Waals surface area contributed by atoms with Crippen molar-refractivity contribution in [1.29, 1.82) is 0 Å². The standard InChI is InChI=1S/C9H11NO3.ClH/c1-13-9(12)6-10-7-3-2-4-8(11)5-7;/h2-5,10-11H,6H2,1H3;1H. The molecule has 0 amide bonds. The van der Waals surface area contributed by atoms with Gasteiger partial charge in [0.2, 0.25) is 0 Å². The summed E-state index contributed by atoms with van der Waals surface area (Å²) in [6.45, 7) is 0.0972. The first-order chi connectivity index (χ1) is 6.22. The number of anilines is 1. The fraction of sp³-hybridized carbons (Fsp3) is 0.222. The molecule has 0 saturated heterocycles. The van der Waals surface area contributed by atoms with E-state index in [0.717, 1.165) is 0 Å². The largest absolute Gasteiger partial charge is 0.508 e. The minimum atomic E-state index is -0.344. The van der Waals surface area contributed by atoms with Crippen LogP contribution < -0.4 is 5.32 Å². The van der Waals surface area contributed by atoms with Crippen molar-refractivity contribution in [2.75, 3.05) is 19.0 Å². The van der Waals surface area contributed by atoms with E-state index in [1.807, 2.05) is 0 Å². The topological polar surface area (TPSA) is 58.6 Å². The molecule has 0 aliphatic rings. The number of carbonyl (C=O) groups excluding carboxylic acids is 1. The quantitative estimate of drug-likeness (QED) is 0.752. The van der Waals surface area contributed by atoms with Gasteiger partial charge in [-0.2, -0.15) is 0 Å². The number of nitrogens with one attached hydrogen (secondary N) is 1. The van der Waals surface area contributed by atoms with Crippen LogP contribution in [0.15, 0.2) is 24.3 Å². The number of phenolic OH excluding ortho intramolecular Hbond substituents is 1. The number of aromatic hydroxyl groups is 1. The number of halogens is 1. The number of esters is 1. The van der Waals surface area contributed by atoms with Gasteiger partial charge >= 0.3 is 5.97 Å². The van der Waals surface area contributed by atoms with Gasteiger partial charge in [0.25, 0.3) is 0 Å². The van der Waals surface area contributed by atoms with Crippen molar-refractivity contribution < 1.29 is 14.6 Å². The van der Waals surface area contributed by atoms with Gasteiger partial charge in [0.1, 0.15) is 12.3 Å². The second-order valence-corrected chi connectivity index (χ2v) is 2.48. The summed E-state index contributed by atoms with van der Waals surface area (Å²) in [5.74, 6) is -0.182. The predicted octanol–water partition coefficient (Wildman–Crippen LogP) is 1.40. The molecule has 0 radical (unpaired) electrons. The van der Waals surface area contributed by atoms with E-state index in [0.29, 0.717) is 5.69 Å². The Morgan fingerprint density at radius 3 is 2.86 bits per heavy atom. The third-order valence-electron chi connectivity index (χ3n) is 1.51. The van der Waals surface area contributed by atoms with Crippen LogP contribution in [-0.2, 0) is 9.53 Å². The molecule has 5 heteroatoms. The molecule has 0 atom stereocenters. The smallest absolute Gasteiger partial charge is 0.325 e. The van der Waals surface area contributed by atoms with Gasteiger partial charge in [-0.3, -0.25) is 4.79 Å². The molecule has 4 nitrogen and oxygen atoms in total. The van der Waals surface area contributed by atoms with Crippen LogP contribution in [0, 0.1) is 0 Å². The minimum absolute atomic E-state index is 0. The first-order valence-corrected chi connectivity index (χ1v) is 3.82. The average Bonchev–Trinajstić information content (AvgIpc) is 2.14. The van der Waals surface area contributed by atoms with E-state index in [1.165, 1.54) is 13.2 Å². The van der Waals surface area contributed by atoms with Crippen LogP contribution in [0.25, 0.3) is 0 Å². The molecule has 14 heavy (non-hydrogen) atoms. The van der Waals surface area contributed by atoms with Crippen LogP contribution in [0.5, 0.6) is 5.75 Å². The summed E-state index contributed by atoms with van der Waals surface area (Å²) >= 11 is 0. The summed E-state index contributed by atoms with van der Waals surface area (Å²) in [5, 5.41) is 11.9. The summed E-state index contributed by atoms with van der Waals surface area (Å²) in [6.07, 6.45) is 0. The Bertz CT molecular complexity index is 304. The Balaban J connectivity index is 0.00000169. The maximum atomic E-state index is 10.7. The van der Waals surface area contributed by atoms with Gasteiger partial charge in [0, 0.05) is 11.8 Å². The summed E-state index contributed by atoms with van der Waals surface area (Å²) in [7, 11) is 1.33. The Labute approximate surface area is 88.3 Å². The van der Waals surface area contributed by atoms with Gasteiger partial charge in [0.05, 0.1) is 7.11 Å². The van der Waals surface area contributed by atoms with Gasteiger partial charge in [-0.25, -0.2) is 0 Å². The number of methoxy groups -OCH3 is 1. The Morgan fingerprint density at radius 1 is 1.57 bits per heavy atom. The molecule has 0 spiro atoms. The molecule has 0 bridgehead atoms. The highest BCUT2D eigenvalue weighted by atomic mass is 35.5. The normalized spacial score (nSPS) is 8.64. The number of phenols is 1. The Hall–Kier alpha value is -1.42. The molecule has 0 aromatic heterocycles. The van der Waals surface area contributed by atoms with Gasteiger partial charge in [-0.15, -0.1) is 12.4 Å². The van der Waals surface area contributed by atoms with Crippen molar-refractivity contribution in [3.8, 4) is 5.75 Å². The average molecular weight is 218 g/mol. The predicted molar refractivity (Wildman–Crippen MR) is 55.9 cm³/mol. The summed E-state index contributed by atoms with van der Waals surface area (Å²) in [6, 6.07) is 6.53. The van der Waals surface area contributed by atoms with Gasteiger partial charge in [0.15, 0.2) is 0 Å². The van der Waals surface area contributed by atoms with Crippen molar-refractivity contribution in [3.63, 3.8) is 0 Å². The molecule has 0 aliphatic heterocycles. The summed E-state index contributed by atoms with van der Waals surface area (Å²) < 4.78 is 4.44.